The van der Waals surface area contributed by atoms with Crippen LogP contribution in [-0.4, -0.2) is 34.2 Å². The zero-order chi connectivity index (χ0) is 16.3. The summed E-state index contributed by atoms with van der Waals surface area (Å²) in [7, 11) is 0. The maximum Gasteiger partial charge on any atom is 0.303 e. The van der Waals surface area contributed by atoms with Crippen LogP contribution in [0.25, 0.3) is 0 Å². The minimum atomic E-state index is -0.893. The molecular weight excluding hydrogens is 304 g/mol. The second kappa shape index (κ2) is 6.39. The first-order valence-electron chi connectivity index (χ1n) is 6.88. The standard InChI is InChI=1S/C15H18N2O4S/c1-15(2,6-5-13(19)20)17-14(21)9-3-4-11-10(7-9)16-12(18)8-22-11/h3-4,7H,5-6,8H2,1-2H3,(H,16,18)(H,17,21)(H,19,20). The Bertz CT molecular complexity index is 628. The van der Waals surface area contributed by atoms with Gasteiger partial charge in [-0.25, -0.2) is 0 Å². The van der Waals surface area contributed by atoms with Crippen molar-refractivity contribution in [1.29, 1.82) is 0 Å². The molecule has 6 nitrogen and oxygen atoms in total. The highest BCUT2D eigenvalue weighted by Crippen LogP contribution is 2.32. The largest absolute Gasteiger partial charge is 0.481 e. The van der Waals surface area contributed by atoms with Gasteiger partial charge in [-0.2, -0.15) is 0 Å². The molecule has 1 aromatic carbocycles. The molecule has 7 heteroatoms. The molecule has 3 N–H and O–H groups in total. The average Bonchev–Trinajstić information content (AvgIpc) is 2.44. The fourth-order valence-corrected chi connectivity index (χ4v) is 2.87. The summed E-state index contributed by atoms with van der Waals surface area (Å²) in [6.45, 7) is 3.56. The topological polar surface area (TPSA) is 95.5 Å². The Labute approximate surface area is 132 Å². The molecule has 1 aliphatic rings. The van der Waals surface area contributed by atoms with Gasteiger partial charge in [-0.1, -0.05) is 0 Å². The van der Waals surface area contributed by atoms with Crippen LogP contribution in [0.4, 0.5) is 5.69 Å². The number of carboxylic acids is 1. The maximum absolute atomic E-state index is 12.3. The second-order valence-corrected chi connectivity index (χ2v) is 6.80. The Kier molecular flexibility index (Phi) is 4.75. The number of aliphatic carboxylic acids is 1. The first-order chi connectivity index (χ1) is 10.3. The van der Waals surface area contributed by atoms with Crippen molar-refractivity contribution in [1.82, 2.24) is 5.32 Å². The summed E-state index contributed by atoms with van der Waals surface area (Å²) in [5, 5.41) is 14.3. The van der Waals surface area contributed by atoms with Crippen LogP contribution in [0.2, 0.25) is 0 Å². The summed E-state index contributed by atoms with van der Waals surface area (Å²) in [5.74, 6) is -0.892. The first kappa shape index (κ1) is 16.4. The van der Waals surface area contributed by atoms with Gasteiger partial charge in [0.2, 0.25) is 5.91 Å². The van der Waals surface area contributed by atoms with E-state index in [9.17, 15) is 14.4 Å². The van der Waals surface area contributed by atoms with Crippen molar-refractivity contribution in [3.8, 4) is 0 Å². The fraction of sp³-hybridized carbons (Fsp3) is 0.400. The number of nitrogens with one attached hydrogen (secondary N) is 2. The summed E-state index contributed by atoms with van der Waals surface area (Å²) in [6.07, 6.45) is 0.329. The Morgan fingerprint density at radius 1 is 1.41 bits per heavy atom. The third-order valence-corrected chi connectivity index (χ3v) is 4.36. The van der Waals surface area contributed by atoms with Crippen LogP contribution in [0.5, 0.6) is 0 Å². The van der Waals surface area contributed by atoms with Gasteiger partial charge >= 0.3 is 5.97 Å². The number of amides is 2. The van der Waals surface area contributed by atoms with Crippen LogP contribution < -0.4 is 10.6 Å². The molecular formula is C15H18N2O4S. The molecule has 0 fully saturated rings. The van der Waals surface area contributed by atoms with Gasteiger partial charge in [0.25, 0.3) is 5.91 Å². The molecule has 0 aromatic heterocycles. The van der Waals surface area contributed by atoms with E-state index < -0.39 is 11.5 Å². The predicted octanol–water partition coefficient (Wildman–Crippen LogP) is 2.10. The molecule has 1 aliphatic heterocycles. The number of carbonyl (C=O) groups excluding carboxylic acids is 2. The molecule has 0 saturated heterocycles. The Morgan fingerprint density at radius 3 is 2.82 bits per heavy atom. The molecule has 0 bridgehead atoms. The summed E-state index contributed by atoms with van der Waals surface area (Å²) < 4.78 is 0. The van der Waals surface area contributed by atoms with E-state index in [1.807, 2.05) is 0 Å². The van der Waals surface area contributed by atoms with E-state index in [-0.39, 0.29) is 18.2 Å². The highest BCUT2D eigenvalue weighted by Gasteiger charge is 2.23. The fourth-order valence-electron chi connectivity index (χ4n) is 2.09. The number of hydrogen-bond donors (Lipinski definition) is 3. The predicted molar refractivity (Wildman–Crippen MR) is 84.2 cm³/mol. The number of carbonyl (C=O) groups is 3. The molecule has 0 radical (unpaired) electrons. The van der Waals surface area contributed by atoms with Crippen molar-refractivity contribution < 1.29 is 19.5 Å². The Morgan fingerprint density at radius 2 is 2.14 bits per heavy atom. The molecule has 22 heavy (non-hydrogen) atoms. The zero-order valence-electron chi connectivity index (χ0n) is 12.4. The summed E-state index contributed by atoms with van der Waals surface area (Å²) in [5.41, 5.74) is 0.450. The number of carboxylic acid groups (broad SMARTS) is 1. The van der Waals surface area contributed by atoms with Crippen molar-refractivity contribution in [3.05, 3.63) is 23.8 Å². The van der Waals surface area contributed by atoms with Crippen LogP contribution in [0.15, 0.2) is 23.1 Å². The number of anilines is 1. The second-order valence-electron chi connectivity index (χ2n) is 5.78. The molecule has 0 atom stereocenters. The Hall–Kier alpha value is -2.02. The van der Waals surface area contributed by atoms with E-state index in [1.54, 1.807) is 32.0 Å². The van der Waals surface area contributed by atoms with E-state index in [4.69, 9.17) is 5.11 Å². The smallest absolute Gasteiger partial charge is 0.303 e. The van der Waals surface area contributed by atoms with Crippen molar-refractivity contribution in [2.45, 2.75) is 37.1 Å². The van der Waals surface area contributed by atoms with E-state index in [0.717, 1.165) is 4.90 Å². The van der Waals surface area contributed by atoms with Gasteiger partial charge in [-0.15, -0.1) is 11.8 Å². The SMILES string of the molecule is CC(C)(CCC(=O)O)NC(=O)c1ccc2c(c1)NC(=O)CS2. The van der Waals surface area contributed by atoms with Crippen LogP contribution >= 0.6 is 11.8 Å². The molecule has 0 unspecified atom stereocenters. The highest BCUT2D eigenvalue weighted by molar-refractivity contribution is 8.00. The van der Waals surface area contributed by atoms with Gasteiger partial charge in [0, 0.05) is 22.4 Å². The Balaban J connectivity index is 2.08. The third kappa shape index (κ3) is 4.24. The third-order valence-electron chi connectivity index (χ3n) is 3.29. The summed E-state index contributed by atoms with van der Waals surface area (Å²) >= 11 is 1.43. The number of fused-ring (bicyclic) bond motifs is 1. The van der Waals surface area contributed by atoms with Gasteiger partial charge < -0.3 is 15.7 Å². The summed E-state index contributed by atoms with van der Waals surface area (Å²) in [6, 6.07) is 5.15. The van der Waals surface area contributed by atoms with Gasteiger partial charge in [-0.3, -0.25) is 14.4 Å². The maximum atomic E-state index is 12.3. The molecule has 0 aliphatic carbocycles. The molecule has 118 valence electrons. The van der Waals surface area contributed by atoms with Gasteiger partial charge in [0.1, 0.15) is 0 Å². The number of rotatable bonds is 5. The first-order valence-corrected chi connectivity index (χ1v) is 7.86. The lowest BCUT2D eigenvalue weighted by molar-refractivity contribution is -0.137. The van der Waals surface area contributed by atoms with Crippen LogP contribution in [-0.2, 0) is 9.59 Å². The number of benzene rings is 1. The van der Waals surface area contributed by atoms with Gasteiger partial charge in [0.15, 0.2) is 0 Å². The van der Waals surface area contributed by atoms with E-state index in [2.05, 4.69) is 10.6 Å². The lowest BCUT2D eigenvalue weighted by atomic mass is 9.97. The number of hydrogen-bond acceptors (Lipinski definition) is 4. The quantitative estimate of drug-likeness (QED) is 0.771. The van der Waals surface area contributed by atoms with Crippen LogP contribution in [0.3, 0.4) is 0 Å². The minimum absolute atomic E-state index is 0.00976. The zero-order valence-corrected chi connectivity index (χ0v) is 13.3. The van der Waals surface area contributed by atoms with E-state index >= 15 is 0 Å². The molecule has 0 spiro atoms. The lowest BCUT2D eigenvalue weighted by Crippen LogP contribution is -2.43. The van der Waals surface area contributed by atoms with Crippen molar-refractivity contribution in [2.75, 3.05) is 11.1 Å². The molecule has 1 aromatic rings. The van der Waals surface area contributed by atoms with Crippen molar-refractivity contribution >= 4 is 35.2 Å². The highest BCUT2D eigenvalue weighted by atomic mass is 32.2. The van der Waals surface area contributed by atoms with E-state index in [0.29, 0.717) is 23.4 Å². The van der Waals surface area contributed by atoms with Crippen molar-refractivity contribution in [2.24, 2.45) is 0 Å². The normalized spacial score (nSPS) is 14.0. The minimum Gasteiger partial charge on any atom is -0.481 e. The van der Waals surface area contributed by atoms with E-state index in [1.165, 1.54) is 11.8 Å². The lowest BCUT2D eigenvalue weighted by Gasteiger charge is -2.26. The number of thioether (sulfide) groups is 1. The molecule has 0 saturated carbocycles. The van der Waals surface area contributed by atoms with Crippen molar-refractivity contribution in [3.63, 3.8) is 0 Å². The summed E-state index contributed by atoms with van der Waals surface area (Å²) in [4.78, 5) is 35.3. The average molecular weight is 322 g/mol. The van der Waals surface area contributed by atoms with Crippen LogP contribution in [0, 0.1) is 0 Å². The molecule has 1 heterocycles. The van der Waals surface area contributed by atoms with Crippen LogP contribution in [0.1, 0.15) is 37.0 Å². The van der Waals surface area contributed by atoms with Gasteiger partial charge in [0.05, 0.1) is 11.4 Å². The monoisotopic (exact) mass is 322 g/mol. The molecule has 2 amide bonds. The molecule has 2 rings (SSSR count). The van der Waals surface area contributed by atoms with Gasteiger partial charge in [-0.05, 0) is 38.5 Å².